The van der Waals surface area contributed by atoms with Crippen LogP contribution in [0, 0.1) is 0 Å². The highest BCUT2D eigenvalue weighted by molar-refractivity contribution is 6.32. The molecule has 0 aliphatic carbocycles. The summed E-state index contributed by atoms with van der Waals surface area (Å²) in [5.74, 6) is 0.261. The summed E-state index contributed by atoms with van der Waals surface area (Å²) in [7, 11) is 0. The van der Waals surface area contributed by atoms with Crippen LogP contribution in [0.15, 0.2) is 12.1 Å². The normalized spacial score (nSPS) is 15.0. The standard InChI is InChI=1S/C9H10Cl3NO2/c10-4-3-6(14)8(15)5-1-2-7(11)13-9(5)12/h1-2,6,8,14-15H,3-4H2. The minimum absolute atomic E-state index is 0.0867. The van der Waals surface area contributed by atoms with Gasteiger partial charge in [-0.2, -0.15) is 0 Å². The van der Waals surface area contributed by atoms with Gasteiger partial charge in [0.2, 0.25) is 0 Å². The minimum Gasteiger partial charge on any atom is -0.390 e. The monoisotopic (exact) mass is 269 g/mol. The molecule has 0 spiro atoms. The van der Waals surface area contributed by atoms with Gasteiger partial charge >= 0.3 is 0 Å². The Balaban J connectivity index is 2.86. The molecule has 15 heavy (non-hydrogen) atoms. The van der Waals surface area contributed by atoms with Crippen molar-refractivity contribution in [2.24, 2.45) is 0 Å². The predicted molar refractivity (Wildman–Crippen MR) is 60.6 cm³/mol. The number of hydrogen-bond acceptors (Lipinski definition) is 3. The van der Waals surface area contributed by atoms with Crippen LogP contribution in [0.5, 0.6) is 0 Å². The zero-order valence-electron chi connectivity index (χ0n) is 7.70. The molecule has 0 aliphatic rings. The lowest BCUT2D eigenvalue weighted by Crippen LogP contribution is -2.19. The Morgan fingerprint density at radius 2 is 1.93 bits per heavy atom. The van der Waals surface area contributed by atoms with Crippen LogP contribution in [0.2, 0.25) is 10.3 Å². The summed E-state index contributed by atoms with van der Waals surface area (Å²) in [5.41, 5.74) is 0.346. The van der Waals surface area contributed by atoms with Gasteiger partial charge in [0, 0.05) is 11.4 Å². The van der Waals surface area contributed by atoms with Crippen LogP contribution < -0.4 is 0 Å². The number of nitrogens with zero attached hydrogens (tertiary/aromatic N) is 1. The van der Waals surface area contributed by atoms with Gasteiger partial charge in [-0.15, -0.1) is 11.6 Å². The number of aliphatic hydroxyl groups excluding tert-OH is 2. The van der Waals surface area contributed by atoms with Crippen LogP contribution in [-0.2, 0) is 0 Å². The van der Waals surface area contributed by atoms with Gasteiger partial charge < -0.3 is 10.2 Å². The third-order valence-electron chi connectivity index (χ3n) is 1.93. The van der Waals surface area contributed by atoms with E-state index in [1.54, 1.807) is 0 Å². The van der Waals surface area contributed by atoms with Crippen molar-refractivity contribution < 1.29 is 10.2 Å². The Bertz CT molecular complexity index is 335. The molecule has 0 saturated heterocycles. The van der Waals surface area contributed by atoms with E-state index in [0.717, 1.165) is 0 Å². The van der Waals surface area contributed by atoms with Gasteiger partial charge in [-0.1, -0.05) is 29.3 Å². The van der Waals surface area contributed by atoms with Crippen LogP contribution >= 0.6 is 34.8 Å². The highest BCUT2D eigenvalue weighted by Crippen LogP contribution is 2.26. The summed E-state index contributed by atoms with van der Waals surface area (Å²) >= 11 is 16.8. The molecule has 2 N–H and O–H groups in total. The molecule has 1 aromatic rings. The van der Waals surface area contributed by atoms with Crippen molar-refractivity contribution in [1.29, 1.82) is 0 Å². The summed E-state index contributed by atoms with van der Waals surface area (Å²) in [6, 6.07) is 3.03. The Hall–Kier alpha value is -0.0600. The van der Waals surface area contributed by atoms with Crippen molar-refractivity contribution >= 4 is 34.8 Å². The van der Waals surface area contributed by atoms with Gasteiger partial charge in [-0.3, -0.25) is 0 Å². The zero-order chi connectivity index (χ0) is 11.4. The summed E-state index contributed by atoms with van der Waals surface area (Å²) in [6.07, 6.45) is -1.77. The van der Waals surface area contributed by atoms with Gasteiger partial charge in [-0.25, -0.2) is 4.98 Å². The van der Waals surface area contributed by atoms with Gasteiger partial charge in [0.05, 0.1) is 6.10 Å². The van der Waals surface area contributed by atoms with E-state index in [4.69, 9.17) is 34.8 Å². The second-order valence-corrected chi connectivity index (χ2v) is 4.13. The Morgan fingerprint density at radius 1 is 1.27 bits per heavy atom. The molecule has 0 saturated carbocycles. The summed E-state index contributed by atoms with van der Waals surface area (Å²) in [5, 5.41) is 19.6. The number of aromatic nitrogens is 1. The summed E-state index contributed by atoms with van der Waals surface area (Å²) < 4.78 is 0. The molecule has 0 amide bonds. The molecule has 0 aromatic carbocycles. The van der Waals surface area contributed by atoms with Crippen LogP contribution in [0.25, 0.3) is 0 Å². The Morgan fingerprint density at radius 3 is 2.47 bits per heavy atom. The molecule has 1 heterocycles. The lowest BCUT2D eigenvalue weighted by atomic mass is 10.0. The van der Waals surface area contributed by atoms with E-state index in [1.165, 1.54) is 12.1 Å². The average molecular weight is 271 g/mol. The molecule has 1 aromatic heterocycles. The molecule has 6 heteroatoms. The molecule has 1 rings (SSSR count). The fourth-order valence-corrected chi connectivity index (χ4v) is 1.80. The number of pyridine rings is 1. The first-order valence-corrected chi connectivity index (χ1v) is 5.59. The van der Waals surface area contributed by atoms with Crippen LogP contribution in [0.3, 0.4) is 0 Å². The van der Waals surface area contributed by atoms with Crippen molar-refractivity contribution in [1.82, 2.24) is 4.98 Å². The molecule has 0 aliphatic heterocycles. The molecule has 2 unspecified atom stereocenters. The maximum Gasteiger partial charge on any atom is 0.136 e. The summed E-state index contributed by atoms with van der Waals surface area (Å²) in [4.78, 5) is 3.76. The number of aliphatic hydroxyl groups is 2. The van der Waals surface area contributed by atoms with E-state index in [2.05, 4.69) is 4.98 Å². The first kappa shape index (κ1) is 13.0. The summed E-state index contributed by atoms with van der Waals surface area (Å²) in [6.45, 7) is 0. The Kier molecular flexibility index (Phi) is 5.09. The van der Waals surface area contributed by atoms with Crippen molar-refractivity contribution in [3.8, 4) is 0 Å². The van der Waals surface area contributed by atoms with Crippen LogP contribution in [0.4, 0.5) is 0 Å². The molecule has 0 bridgehead atoms. The molecule has 3 nitrogen and oxygen atoms in total. The van der Waals surface area contributed by atoms with Crippen molar-refractivity contribution in [3.63, 3.8) is 0 Å². The highest BCUT2D eigenvalue weighted by Gasteiger charge is 2.20. The number of halogens is 3. The van der Waals surface area contributed by atoms with Crippen molar-refractivity contribution in [2.75, 3.05) is 5.88 Å². The Labute approximate surface area is 103 Å². The smallest absolute Gasteiger partial charge is 0.136 e. The number of rotatable bonds is 4. The number of alkyl halides is 1. The lowest BCUT2D eigenvalue weighted by molar-refractivity contribution is 0.0168. The van der Waals surface area contributed by atoms with Crippen LogP contribution in [-0.4, -0.2) is 27.2 Å². The molecular weight excluding hydrogens is 260 g/mol. The van der Waals surface area contributed by atoms with Gasteiger partial charge in [0.1, 0.15) is 16.4 Å². The fourth-order valence-electron chi connectivity index (χ4n) is 1.12. The predicted octanol–water partition coefficient (Wildman–Crippen LogP) is 2.41. The van der Waals surface area contributed by atoms with Crippen molar-refractivity contribution in [2.45, 2.75) is 18.6 Å². The molecular formula is C9H10Cl3NO2. The first-order chi connectivity index (χ1) is 7.06. The topological polar surface area (TPSA) is 53.4 Å². The largest absolute Gasteiger partial charge is 0.390 e. The maximum atomic E-state index is 9.72. The zero-order valence-corrected chi connectivity index (χ0v) is 9.97. The molecule has 0 fully saturated rings. The average Bonchev–Trinajstić information content (AvgIpc) is 2.17. The third-order valence-corrected chi connectivity index (χ3v) is 2.66. The SMILES string of the molecule is OC(CCCl)C(O)c1ccc(Cl)nc1Cl. The van der Waals surface area contributed by atoms with E-state index in [9.17, 15) is 10.2 Å². The van der Waals surface area contributed by atoms with Gasteiger partial charge in [-0.05, 0) is 12.5 Å². The van der Waals surface area contributed by atoms with E-state index in [1.807, 2.05) is 0 Å². The molecule has 2 atom stereocenters. The van der Waals surface area contributed by atoms with E-state index in [-0.39, 0.29) is 22.6 Å². The first-order valence-electron chi connectivity index (χ1n) is 4.30. The van der Waals surface area contributed by atoms with Gasteiger partial charge in [0.15, 0.2) is 0 Å². The molecule has 84 valence electrons. The van der Waals surface area contributed by atoms with E-state index in [0.29, 0.717) is 5.56 Å². The number of hydrogen-bond donors (Lipinski definition) is 2. The molecule has 0 radical (unpaired) electrons. The second-order valence-electron chi connectivity index (χ2n) is 3.00. The maximum absolute atomic E-state index is 9.72. The third kappa shape index (κ3) is 3.47. The van der Waals surface area contributed by atoms with Gasteiger partial charge in [0.25, 0.3) is 0 Å². The van der Waals surface area contributed by atoms with Crippen molar-refractivity contribution in [3.05, 3.63) is 28.0 Å². The quantitative estimate of drug-likeness (QED) is 0.652. The van der Waals surface area contributed by atoms with Crippen LogP contribution in [0.1, 0.15) is 18.1 Å². The minimum atomic E-state index is -1.10. The lowest BCUT2D eigenvalue weighted by Gasteiger charge is -2.17. The highest BCUT2D eigenvalue weighted by atomic mass is 35.5. The fraction of sp³-hybridized carbons (Fsp3) is 0.444. The second kappa shape index (κ2) is 5.87. The van der Waals surface area contributed by atoms with E-state index < -0.39 is 12.2 Å². The van der Waals surface area contributed by atoms with E-state index >= 15 is 0 Å².